The first-order valence-corrected chi connectivity index (χ1v) is 7.16. The van der Waals surface area contributed by atoms with E-state index in [1.54, 1.807) is 11.8 Å². The SMILES string of the molecule is CSc1ccccc1[C@@H](C)NC(=O)NCCC(=O)O. The molecular formula is C13H18N2O3S. The van der Waals surface area contributed by atoms with E-state index in [-0.39, 0.29) is 25.0 Å². The summed E-state index contributed by atoms with van der Waals surface area (Å²) in [6.07, 6.45) is 1.90. The lowest BCUT2D eigenvalue weighted by atomic mass is 10.1. The molecule has 1 rings (SSSR count). The van der Waals surface area contributed by atoms with Crippen LogP contribution in [0.15, 0.2) is 29.2 Å². The van der Waals surface area contributed by atoms with Crippen molar-refractivity contribution < 1.29 is 14.7 Å². The number of urea groups is 1. The van der Waals surface area contributed by atoms with Crippen LogP contribution >= 0.6 is 11.8 Å². The number of hydrogen-bond acceptors (Lipinski definition) is 3. The summed E-state index contributed by atoms with van der Waals surface area (Å²) >= 11 is 1.62. The van der Waals surface area contributed by atoms with Crippen LogP contribution in [0.5, 0.6) is 0 Å². The molecule has 0 fully saturated rings. The molecule has 0 radical (unpaired) electrons. The van der Waals surface area contributed by atoms with Crippen molar-refractivity contribution in [2.45, 2.75) is 24.3 Å². The van der Waals surface area contributed by atoms with Gasteiger partial charge in [-0.3, -0.25) is 4.79 Å². The molecule has 104 valence electrons. The molecule has 1 aromatic rings. The zero-order valence-electron chi connectivity index (χ0n) is 11.0. The lowest BCUT2D eigenvalue weighted by Crippen LogP contribution is -2.38. The number of benzene rings is 1. The number of carboxylic acids is 1. The van der Waals surface area contributed by atoms with Crippen LogP contribution in [0.2, 0.25) is 0 Å². The normalized spacial score (nSPS) is 11.7. The van der Waals surface area contributed by atoms with Gasteiger partial charge in [0.1, 0.15) is 0 Å². The van der Waals surface area contributed by atoms with Crippen LogP contribution in [0.4, 0.5) is 4.79 Å². The fourth-order valence-corrected chi connectivity index (χ4v) is 2.33. The quantitative estimate of drug-likeness (QED) is 0.699. The van der Waals surface area contributed by atoms with Crippen molar-refractivity contribution in [3.63, 3.8) is 0 Å². The predicted octanol–water partition coefficient (Wildman–Crippen LogP) is 2.24. The number of carbonyl (C=O) groups excluding carboxylic acids is 1. The Hall–Kier alpha value is -1.69. The number of thioether (sulfide) groups is 1. The second-order valence-corrected chi connectivity index (χ2v) is 4.86. The fourth-order valence-electron chi connectivity index (χ4n) is 1.63. The zero-order valence-corrected chi connectivity index (χ0v) is 11.8. The summed E-state index contributed by atoms with van der Waals surface area (Å²) in [5.41, 5.74) is 1.04. The van der Waals surface area contributed by atoms with Gasteiger partial charge in [0.05, 0.1) is 12.5 Å². The molecule has 0 bridgehead atoms. The molecule has 0 heterocycles. The first kappa shape index (κ1) is 15.4. The van der Waals surface area contributed by atoms with Gasteiger partial charge in [0.15, 0.2) is 0 Å². The number of carboxylic acid groups (broad SMARTS) is 1. The Labute approximate surface area is 116 Å². The van der Waals surface area contributed by atoms with Crippen molar-refractivity contribution in [1.82, 2.24) is 10.6 Å². The highest BCUT2D eigenvalue weighted by atomic mass is 32.2. The van der Waals surface area contributed by atoms with Gasteiger partial charge < -0.3 is 15.7 Å². The third-order valence-electron chi connectivity index (χ3n) is 2.58. The van der Waals surface area contributed by atoms with E-state index in [0.717, 1.165) is 10.5 Å². The number of aliphatic carboxylic acids is 1. The van der Waals surface area contributed by atoms with Crippen molar-refractivity contribution in [1.29, 1.82) is 0 Å². The second kappa shape index (κ2) is 7.68. The maximum atomic E-state index is 11.6. The molecule has 0 spiro atoms. The molecule has 0 aromatic heterocycles. The summed E-state index contributed by atoms with van der Waals surface area (Å²) in [6.45, 7) is 2.02. The Morgan fingerprint density at radius 1 is 1.37 bits per heavy atom. The topological polar surface area (TPSA) is 78.4 Å². The predicted molar refractivity (Wildman–Crippen MR) is 75.4 cm³/mol. The van der Waals surface area contributed by atoms with Crippen molar-refractivity contribution >= 4 is 23.8 Å². The molecule has 0 saturated heterocycles. The Bertz CT molecular complexity index is 451. The van der Waals surface area contributed by atoms with Gasteiger partial charge >= 0.3 is 12.0 Å². The molecule has 0 aliphatic rings. The molecule has 3 N–H and O–H groups in total. The van der Waals surface area contributed by atoms with Gasteiger partial charge in [-0.1, -0.05) is 18.2 Å². The van der Waals surface area contributed by atoms with E-state index < -0.39 is 5.97 Å². The highest BCUT2D eigenvalue weighted by Crippen LogP contribution is 2.25. The molecule has 1 atom stereocenters. The summed E-state index contributed by atoms with van der Waals surface area (Å²) in [5, 5.41) is 13.8. The third kappa shape index (κ3) is 5.21. The Morgan fingerprint density at radius 2 is 2.05 bits per heavy atom. The van der Waals surface area contributed by atoms with Crippen molar-refractivity contribution in [2.24, 2.45) is 0 Å². The molecule has 6 heteroatoms. The summed E-state index contributed by atoms with van der Waals surface area (Å²) in [6, 6.07) is 7.36. The molecule has 19 heavy (non-hydrogen) atoms. The highest BCUT2D eigenvalue weighted by Gasteiger charge is 2.12. The van der Waals surface area contributed by atoms with E-state index in [1.165, 1.54) is 0 Å². The van der Waals surface area contributed by atoms with E-state index >= 15 is 0 Å². The zero-order chi connectivity index (χ0) is 14.3. The Morgan fingerprint density at radius 3 is 2.68 bits per heavy atom. The van der Waals surface area contributed by atoms with Crippen LogP contribution in [-0.4, -0.2) is 29.9 Å². The van der Waals surface area contributed by atoms with Gasteiger partial charge in [-0.15, -0.1) is 11.8 Å². The first-order valence-electron chi connectivity index (χ1n) is 5.93. The molecule has 0 aliphatic heterocycles. The lowest BCUT2D eigenvalue weighted by molar-refractivity contribution is -0.136. The number of rotatable bonds is 6. The number of hydrogen-bond donors (Lipinski definition) is 3. The van der Waals surface area contributed by atoms with E-state index in [0.29, 0.717) is 0 Å². The summed E-state index contributed by atoms with van der Waals surface area (Å²) in [7, 11) is 0. The molecule has 0 unspecified atom stereocenters. The highest BCUT2D eigenvalue weighted by molar-refractivity contribution is 7.98. The molecule has 1 aromatic carbocycles. The number of amides is 2. The lowest BCUT2D eigenvalue weighted by Gasteiger charge is -2.17. The number of carbonyl (C=O) groups is 2. The molecule has 5 nitrogen and oxygen atoms in total. The van der Waals surface area contributed by atoms with Crippen LogP contribution in [0, 0.1) is 0 Å². The number of nitrogens with one attached hydrogen (secondary N) is 2. The van der Waals surface area contributed by atoms with E-state index in [4.69, 9.17) is 5.11 Å². The van der Waals surface area contributed by atoms with Gasteiger partial charge in [0.2, 0.25) is 0 Å². The molecular weight excluding hydrogens is 264 g/mol. The molecule has 0 saturated carbocycles. The van der Waals surface area contributed by atoms with Crippen molar-refractivity contribution in [2.75, 3.05) is 12.8 Å². The largest absolute Gasteiger partial charge is 0.481 e. The summed E-state index contributed by atoms with van der Waals surface area (Å²) in [5.74, 6) is -0.930. The summed E-state index contributed by atoms with van der Waals surface area (Å²) in [4.78, 5) is 23.0. The van der Waals surface area contributed by atoms with Crippen LogP contribution in [0.25, 0.3) is 0 Å². The van der Waals surface area contributed by atoms with Gasteiger partial charge in [-0.05, 0) is 24.8 Å². The van der Waals surface area contributed by atoms with Crippen LogP contribution in [0.3, 0.4) is 0 Å². The van der Waals surface area contributed by atoms with Gasteiger partial charge in [0.25, 0.3) is 0 Å². The van der Waals surface area contributed by atoms with Gasteiger partial charge in [-0.2, -0.15) is 0 Å². The Balaban J connectivity index is 2.52. The van der Waals surface area contributed by atoms with Gasteiger partial charge in [-0.25, -0.2) is 4.79 Å². The standard InChI is InChI=1S/C13H18N2O3S/c1-9(10-5-3-4-6-11(10)19-2)15-13(18)14-8-7-12(16)17/h3-6,9H,7-8H2,1-2H3,(H,16,17)(H2,14,15,18)/t9-/m1/s1. The average molecular weight is 282 g/mol. The molecule has 2 amide bonds. The van der Waals surface area contributed by atoms with E-state index in [2.05, 4.69) is 10.6 Å². The van der Waals surface area contributed by atoms with Gasteiger partial charge in [0, 0.05) is 11.4 Å². The monoisotopic (exact) mass is 282 g/mol. The fraction of sp³-hybridized carbons (Fsp3) is 0.385. The minimum absolute atomic E-state index is 0.0802. The maximum Gasteiger partial charge on any atom is 0.315 e. The average Bonchev–Trinajstić information content (AvgIpc) is 2.38. The minimum atomic E-state index is -0.930. The van der Waals surface area contributed by atoms with E-state index in [1.807, 2.05) is 37.4 Å². The maximum absolute atomic E-state index is 11.6. The molecule has 0 aliphatic carbocycles. The second-order valence-electron chi connectivity index (χ2n) is 4.01. The van der Waals surface area contributed by atoms with Crippen molar-refractivity contribution in [3.05, 3.63) is 29.8 Å². The summed E-state index contributed by atoms with van der Waals surface area (Å²) < 4.78 is 0. The smallest absolute Gasteiger partial charge is 0.315 e. The minimum Gasteiger partial charge on any atom is -0.481 e. The van der Waals surface area contributed by atoms with E-state index in [9.17, 15) is 9.59 Å². The van der Waals surface area contributed by atoms with Crippen molar-refractivity contribution in [3.8, 4) is 0 Å². The van der Waals surface area contributed by atoms with Crippen LogP contribution in [-0.2, 0) is 4.79 Å². The van der Waals surface area contributed by atoms with Crippen LogP contribution < -0.4 is 10.6 Å². The van der Waals surface area contributed by atoms with Crippen LogP contribution in [0.1, 0.15) is 24.9 Å². The Kier molecular flexibility index (Phi) is 6.21. The first-order chi connectivity index (χ1) is 9.04. The third-order valence-corrected chi connectivity index (χ3v) is 3.39.